The summed E-state index contributed by atoms with van der Waals surface area (Å²) in [6.07, 6.45) is 0. The molecule has 0 aliphatic rings. The molecule has 0 saturated heterocycles. The lowest BCUT2D eigenvalue weighted by Crippen LogP contribution is -2.24. The Hall–Kier alpha value is -2.04. The standard InChI is InChI=1S/C11H14N2O3/c1-6-4-8(7(2)14)10(15)9(5-6)13-11(16)12-3/h4-5,15H,1-3H3,(H2,12,13,16). The molecular formula is C11H14N2O3. The molecule has 0 unspecified atom stereocenters. The number of hydrogen-bond acceptors (Lipinski definition) is 3. The van der Waals surface area contributed by atoms with E-state index < -0.39 is 6.03 Å². The van der Waals surface area contributed by atoms with Crippen molar-refractivity contribution in [3.63, 3.8) is 0 Å². The fourth-order valence-corrected chi connectivity index (χ4v) is 1.33. The van der Waals surface area contributed by atoms with Gasteiger partial charge in [-0.05, 0) is 31.5 Å². The van der Waals surface area contributed by atoms with E-state index in [9.17, 15) is 14.7 Å². The van der Waals surface area contributed by atoms with Crippen LogP contribution in [0.4, 0.5) is 10.5 Å². The number of carbonyl (C=O) groups excluding carboxylic acids is 2. The molecule has 0 saturated carbocycles. The number of amides is 2. The molecule has 0 heterocycles. The van der Waals surface area contributed by atoms with Crippen molar-refractivity contribution in [3.8, 4) is 5.75 Å². The topological polar surface area (TPSA) is 78.4 Å². The highest BCUT2D eigenvalue weighted by atomic mass is 16.3. The van der Waals surface area contributed by atoms with E-state index in [2.05, 4.69) is 10.6 Å². The van der Waals surface area contributed by atoms with Crippen LogP contribution in [-0.4, -0.2) is 24.0 Å². The highest BCUT2D eigenvalue weighted by Crippen LogP contribution is 2.29. The average Bonchev–Trinajstić information content (AvgIpc) is 2.22. The fraction of sp³-hybridized carbons (Fsp3) is 0.273. The van der Waals surface area contributed by atoms with Gasteiger partial charge in [0.05, 0.1) is 11.3 Å². The van der Waals surface area contributed by atoms with Crippen LogP contribution in [0.15, 0.2) is 12.1 Å². The third-order valence-electron chi connectivity index (χ3n) is 2.11. The molecule has 2 amide bonds. The Morgan fingerprint density at radius 1 is 1.31 bits per heavy atom. The minimum Gasteiger partial charge on any atom is -0.505 e. The Kier molecular flexibility index (Phi) is 3.50. The number of carbonyl (C=O) groups is 2. The summed E-state index contributed by atoms with van der Waals surface area (Å²) in [5, 5.41) is 14.6. The van der Waals surface area contributed by atoms with Crippen molar-refractivity contribution in [1.82, 2.24) is 5.32 Å². The van der Waals surface area contributed by atoms with E-state index in [0.29, 0.717) is 0 Å². The van der Waals surface area contributed by atoms with Crippen LogP contribution in [0, 0.1) is 6.92 Å². The zero-order valence-electron chi connectivity index (χ0n) is 9.42. The van der Waals surface area contributed by atoms with Crippen LogP contribution in [-0.2, 0) is 0 Å². The Labute approximate surface area is 93.5 Å². The van der Waals surface area contributed by atoms with E-state index in [-0.39, 0.29) is 22.8 Å². The Morgan fingerprint density at radius 3 is 2.44 bits per heavy atom. The maximum atomic E-state index is 11.2. The minimum absolute atomic E-state index is 0.200. The number of phenols is 1. The van der Waals surface area contributed by atoms with Crippen molar-refractivity contribution in [2.45, 2.75) is 13.8 Å². The molecule has 0 bridgehead atoms. The van der Waals surface area contributed by atoms with Crippen LogP contribution in [0.3, 0.4) is 0 Å². The van der Waals surface area contributed by atoms with E-state index >= 15 is 0 Å². The van der Waals surface area contributed by atoms with Gasteiger partial charge in [-0.25, -0.2) is 4.79 Å². The number of aromatic hydroxyl groups is 1. The smallest absolute Gasteiger partial charge is 0.319 e. The maximum Gasteiger partial charge on any atom is 0.319 e. The molecule has 0 fully saturated rings. The number of aryl methyl sites for hydroxylation is 1. The van der Waals surface area contributed by atoms with Crippen molar-refractivity contribution >= 4 is 17.5 Å². The van der Waals surface area contributed by atoms with Gasteiger partial charge in [0.25, 0.3) is 0 Å². The van der Waals surface area contributed by atoms with Crippen LogP contribution >= 0.6 is 0 Å². The summed E-state index contributed by atoms with van der Waals surface area (Å²) in [5.41, 5.74) is 1.21. The highest BCUT2D eigenvalue weighted by molar-refractivity contribution is 6.01. The second-order valence-corrected chi connectivity index (χ2v) is 3.47. The number of nitrogens with one attached hydrogen (secondary N) is 2. The van der Waals surface area contributed by atoms with E-state index in [0.717, 1.165) is 5.56 Å². The van der Waals surface area contributed by atoms with Gasteiger partial charge in [-0.15, -0.1) is 0 Å². The van der Waals surface area contributed by atoms with Gasteiger partial charge in [-0.1, -0.05) is 0 Å². The summed E-state index contributed by atoms with van der Waals surface area (Å²) in [4.78, 5) is 22.3. The summed E-state index contributed by atoms with van der Waals surface area (Å²) < 4.78 is 0. The maximum absolute atomic E-state index is 11.2. The van der Waals surface area contributed by atoms with Crippen molar-refractivity contribution in [3.05, 3.63) is 23.3 Å². The molecule has 0 aromatic heterocycles. The molecule has 0 aliphatic carbocycles. The molecule has 86 valence electrons. The van der Waals surface area contributed by atoms with Crippen molar-refractivity contribution < 1.29 is 14.7 Å². The van der Waals surface area contributed by atoms with Crippen LogP contribution in [0.2, 0.25) is 0 Å². The molecule has 3 N–H and O–H groups in total. The number of ketones is 1. The first-order valence-corrected chi connectivity index (χ1v) is 4.79. The van der Waals surface area contributed by atoms with E-state index in [1.807, 2.05) is 0 Å². The van der Waals surface area contributed by atoms with Crippen molar-refractivity contribution in [1.29, 1.82) is 0 Å². The predicted molar refractivity (Wildman–Crippen MR) is 60.9 cm³/mol. The predicted octanol–water partition coefficient (Wildman–Crippen LogP) is 1.65. The molecule has 1 aromatic carbocycles. The van der Waals surface area contributed by atoms with Gasteiger partial charge in [-0.3, -0.25) is 4.79 Å². The van der Waals surface area contributed by atoms with Gasteiger partial charge < -0.3 is 15.7 Å². The quantitative estimate of drug-likeness (QED) is 0.526. The summed E-state index contributed by atoms with van der Waals surface area (Å²) >= 11 is 0. The molecule has 16 heavy (non-hydrogen) atoms. The third kappa shape index (κ3) is 2.50. The first kappa shape index (κ1) is 12.0. The monoisotopic (exact) mass is 222 g/mol. The van der Waals surface area contributed by atoms with Gasteiger partial charge in [0, 0.05) is 7.05 Å². The second kappa shape index (κ2) is 4.65. The number of rotatable bonds is 2. The van der Waals surface area contributed by atoms with Gasteiger partial charge >= 0.3 is 6.03 Å². The molecule has 1 aromatic rings. The average molecular weight is 222 g/mol. The summed E-state index contributed by atoms with van der Waals surface area (Å²) in [7, 11) is 1.47. The number of urea groups is 1. The van der Waals surface area contributed by atoms with E-state index in [1.54, 1.807) is 19.1 Å². The van der Waals surface area contributed by atoms with E-state index in [1.165, 1.54) is 14.0 Å². The lowest BCUT2D eigenvalue weighted by atomic mass is 10.1. The number of Topliss-reactive ketones (excluding diaryl/α,β-unsaturated/α-hetero) is 1. The largest absolute Gasteiger partial charge is 0.505 e. The Bertz CT molecular complexity index is 441. The summed E-state index contributed by atoms with van der Waals surface area (Å²) in [6.45, 7) is 3.14. The lowest BCUT2D eigenvalue weighted by molar-refractivity contribution is 0.101. The Balaban J connectivity index is 3.19. The zero-order chi connectivity index (χ0) is 12.3. The molecule has 1 rings (SSSR count). The van der Waals surface area contributed by atoms with Crippen LogP contribution in [0.1, 0.15) is 22.8 Å². The molecule has 0 atom stereocenters. The number of benzene rings is 1. The highest BCUT2D eigenvalue weighted by Gasteiger charge is 2.13. The molecule has 5 nitrogen and oxygen atoms in total. The molecule has 0 radical (unpaired) electrons. The molecule has 0 aliphatic heterocycles. The van der Waals surface area contributed by atoms with Crippen LogP contribution < -0.4 is 10.6 Å². The van der Waals surface area contributed by atoms with Crippen LogP contribution in [0.5, 0.6) is 5.75 Å². The van der Waals surface area contributed by atoms with E-state index in [4.69, 9.17) is 0 Å². The lowest BCUT2D eigenvalue weighted by Gasteiger charge is -2.10. The number of anilines is 1. The van der Waals surface area contributed by atoms with Gasteiger partial charge in [0.2, 0.25) is 0 Å². The normalized spacial score (nSPS) is 9.69. The zero-order valence-corrected chi connectivity index (χ0v) is 9.42. The SMILES string of the molecule is CNC(=O)Nc1cc(C)cc(C(C)=O)c1O. The van der Waals surface area contributed by atoms with Crippen LogP contribution in [0.25, 0.3) is 0 Å². The number of phenolic OH excluding ortho intramolecular Hbond substituents is 1. The second-order valence-electron chi connectivity index (χ2n) is 3.47. The molecular weight excluding hydrogens is 208 g/mol. The molecule has 0 spiro atoms. The first-order valence-electron chi connectivity index (χ1n) is 4.79. The van der Waals surface area contributed by atoms with Crippen molar-refractivity contribution in [2.75, 3.05) is 12.4 Å². The first-order chi connectivity index (χ1) is 7.45. The fourth-order valence-electron chi connectivity index (χ4n) is 1.33. The minimum atomic E-state index is -0.449. The third-order valence-corrected chi connectivity index (χ3v) is 2.11. The number of hydrogen-bond donors (Lipinski definition) is 3. The van der Waals surface area contributed by atoms with Gasteiger partial charge in [0.15, 0.2) is 5.78 Å². The van der Waals surface area contributed by atoms with Gasteiger partial charge in [-0.2, -0.15) is 0 Å². The van der Waals surface area contributed by atoms with Crippen molar-refractivity contribution in [2.24, 2.45) is 0 Å². The Morgan fingerprint density at radius 2 is 1.94 bits per heavy atom. The molecule has 5 heteroatoms. The summed E-state index contributed by atoms with van der Waals surface area (Å²) in [5.74, 6) is -0.456. The summed E-state index contributed by atoms with van der Waals surface area (Å²) in [6, 6.07) is 2.72. The van der Waals surface area contributed by atoms with Gasteiger partial charge in [0.1, 0.15) is 5.75 Å².